The molecule has 1 fully saturated rings. The van der Waals surface area contributed by atoms with E-state index in [9.17, 15) is 9.59 Å². The molecule has 1 N–H and O–H groups in total. The number of nitrogens with one attached hydrogen (secondary N) is 1. The maximum atomic E-state index is 12.5. The molecule has 1 atom stereocenters. The van der Waals surface area contributed by atoms with Crippen LogP contribution < -0.4 is 5.32 Å². The van der Waals surface area contributed by atoms with E-state index >= 15 is 0 Å². The fraction of sp³-hybridized carbons (Fsp3) is 0.556. The maximum Gasteiger partial charge on any atom is 0.253 e. The second kappa shape index (κ2) is 8.11. The monoisotopic (exact) mass is 317 g/mol. The first-order valence-corrected chi connectivity index (χ1v) is 8.34. The van der Waals surface area contributed by atoms with Gasteiger partial charge in [-0.25, -0.2) is 0 Å². The summed E-state index contributed by atoms with van der Waals surface area (Å²) in [6.07, 6.45) is 3.55. The van der Waals surface area contributed by atoms with E-state index in [0.29, 0.717) is 17.3 Å². The molecule has 1 aliphatic rings. The van der Waals surface area contributed by atoms with Crippen LogP contribution >= 0.6 is 0 Å². The Labute approximate surface area is 138 Å². The van der Waals surface area contributed by atoms with Gasteiger partial charge in [-0.1, -0.05) is 6.07 Å². The van der Waals surface area contributed by atoms with Gasteiger partial charge in [-0.3, -0.25) is 9.59 Å². The van der Waals surface area contributed by atoms with Crippen molar-refractivity contribution in [2.45, 2.75) is 39.2 Å². The Balaban J connectivity index is 1.89. The Bertz CT molecular complexity index is 553. The summed E-state index contributed by atoms with van der Waals surface area (Å²) < 4.78 is 0. The smallest absolute Gasteiger partial charge is 0.253 e. The van der Waals surface area contributed by atoms with Crippen LogP contribution in [0.3, 0.4) is 0 Å². The van der Waals surface area contributed by atoms with Crippen LogP contribution in [0.2, 0.25) is 0 Å². The summed E-state index contributed by atoms with van der Waals surface area (Å²) in [4.78, 5) is 27.9. The average Bonchev–Trinajstić information content (AvgIpc) is 3.05. The summed E-state index contributed by atoms with van der Waals surface area (Å²) in [7, 11) is 1.84. The molecule has 1 aliphatic heterocycles. The molecule has 0 aliphatic carbocycles. The number of benzene rings is 1. The molecule has 5 nitrogen and oxygen atoms in total. The van der Waals surface area contributed by atoms with Gasteiger partial charge in [0.05, 0.1) is 0 Å². The van der Waals surface area contributed by atoms with Crippen molar-refractivity contribution >= 4 is 17.5 Å². The van der Waals surface area contributed by atoms with E-state index in [2.05, 4.69) is 17.1 Å². The summed E-state index contributed by atoms with van der Waals surface area (Å²) in [5, 5.41) is 2.71. The first kappa shape index (κ1) is 17.5. The zero-order valence-corrected chi connectivity index (χ0v) is 14.3. The Morgan fingerprint density at radius 2 is 2.00 bits per heavy atom. The third kappa shape index (κ3) is 5.06. The van der Waals surface area contributed by atoms with E-state index in [1.165, 1.54) is 32.9 Å². The normalized spacial score (nSPS) is 16.1. The molecule has 5 heteroatoms. The number of hydrogen-bond donors (Lipinski definition) is 1. The fourth-order valence-electron chi connectivity index (χ4n) is 3.00. The zero-order chi connectivity index (χ0) is 16.8. The molecule has 1 aromatic rings. The highest BCUT2D eigenvalue weighted by Gasteiger charge is 2.19. The number of likely N-dealkylation sites (tertiary alicyclic amines) is 1. The summed E-state index contributed by atoms with van der Waals surface area (Å²) in [5.74, 6) is -0.145. The number of rotatable bonds is 6. The number of carbonyl (C=O) groups excluding carboxylic acids is 2. The fourth-order valence-corrected chi connectivity index (χ4v) is 3.00. The lowest BCUT2D eigenvalue weighted by molar-refractivity contribution is -0.114. The molecular formula is C18H27N3O2. The molecule has 1 saturated heterocycles. The molecule has 2 rings (SSSR count). The topological polar surface area (TPSA) is 52.7 Å². The van der Waals surface area contributed by atoms with Gasteiger partial charge in [0, 0.05) is 37.8 Å². The van der Waals surface area contributed by atoms with E-state index < -0.39 is 0 Å². The van der Waals surface area contributed by atoms with Gasteiger partial charge >= 0.3 is 0 Å². The second-order valence-corrected chi connectivity index (χ2v) is 6.37. The van der Waals surface area contributed by atoms with Gasteiger partial charge in [-0.2, -0.15) is 0 Å². The summed E-state index contributed by atoms with van der Waals surface area (Å²) >= 11 is 0. The minimum absolute atomic E-state index is 0.00850. The molecule has 1 aromatic carbocycles. The standard InChI is InChI=1S/C18H27N3O2/c1-14(21-10-4-5-11-21)9-12-20(3)18(23)16-7-6-8-17(13-16)19-15(2)22/h6-8,13-14H,4-5,9-12H2,1-3H3,(H,19,22). The molecule has 0 aromatic heterocycles. The van der Waals surface area contributed by atoms with Crippen molar-refractivity contribution in [3.63, 3.8) is 0 Å². The van der Waals surface area contributed by atoms with Gasteiger partial charge < -0.3 is 15.1 Å². The lowest BCUT2D eigenvalue weighted by Gasteiger charge is -2.26. The van der Waals surface area contributed by atoms with Gasteiger partial charge in [-0.05, 0) is 57.5 Å². The largest absolute Gasteiger partial charge is 0.342 e. The minimum Gasteiger partial charge on any atom is -0.342 e. The zero-order valence-electron chi connectivity index (χ0n) is 14.3. The lowest BCUT2D eigenvalue weighted by Crippen LogP contribution is -2.35. The molecule has 0 bridgehead atoms. The Kier molecular flexibility index (Phi) is 6.16. The van der Waals surface area contributed by atoms with Gasteiger partial charge in [0.15, 0.2) is 0 Å². The molecule has 23 heavy (non-hydrogen) atoms. The van der Waals surface area contributed by atoms with E-state index in [-0.39, 0.29) is 11.8 Å². The quantitative estimate of drug-likeness (QED) is 0.877. The Morgan fingerprint density at radius 1 is 1.30 bits per heavy atom. The molecule has 0 spiro atoms. The third-order valence-electron chi connectivity index (χ3n) is 4.42. The van der Waals surface area contributed by atoms with Crippen LogP contribution in [0.25, 0.3) is 0 Å². The third-order valence-corrected chi connectivity index (χ3v) is 4.42. The van der Waals surface area contributed by atoms with Gasteiger partial charge in [0.2, 0.25) is 5.91 Å². The molecule has 1 unspecified atom stereocenters. The van der Waals surface area contributed by atoms with Crippen LogP contribution in [0, 0.1) is 0 Å². The van der Waals surface area contributed by atoms with E-state index in [1.54, 1.807) is 29.2 Å². The van der Waals surface area contributed by atoms with Crippen molar-refractivity contribution in [3.8, 4) is 0 Å². The summed E-state index contributed by atoms with van der Waals surface area (Å²) in [6.45, 7) is 6.79. The highest BCUT2D eigenvalue weighted by atomic mass is 16.2. The van der Waals surface area contributed by atoms with Crippen molar-refractivity contribution in [1.82, 2.24) is 9.80 Å². The van der Waals surface area contributed by atoms with E-state index in [4.69, 9.17) is 0 Å². The molecule has 0 radical (unpaired) electrons. The highest BCUT2D eigenvalue weighted by Crippen LogP contribution is 2.15. The van der Waals surface area contributed by atoms with Crippen LogP contribution in [0.5, 0.6) is 0 Å². The average molecular weight is 317 g/mol. The first-order valence-electron chi connectivity index (χ1n) is 8.34. The van der Waals surface area contributed by atoms with Crippen molar-refractivity contribution in [3.05, 3.63) is 29.8 Å². The first-order chi connectivity index (χ1) is 11.0. The minimum atomic E-state index is -0.137. The number of carbonyl (C=O) groups is 2. The molecule has 1 heterocycles. The van der Waals surface area contributed by atoms with Crippen LogP contribution in [0.4, 0.5) is 5.69 Å². The molecule has 126 valence electrons. The van der Waals surface area contributed by atoms with Crippen LogP contribution in [-0.2, 0) is 4.79 Å². The predicted molar refractivity (Wildman–Crippen MR) is 92.6 cm³/mol. The lowest BCUT2D eigenvalue weighted by atomic mass is 10.1. The second-order valence-electron chi connectivity index (χ2n) is 6.37. The van der Waals surface area contributed by atoms with Crippen LogP contribution in [0.15, 0.2) is 24.3 Å². The highest BCUT2D eigenvalue weighted by molar-refractivity contribution is 5.96. The van der Waals surface area contributed by atoms with Gasteiger partial charge in [0.1, 0.15) is 0 Å². The predicted octanol–water partition coefficient (Wildman–Crippen LogP) is 2.59. The molecule has 0 saturated carbocycles. The van der Waals surface area contributed by atoms with Crippen molar-refractivity contribution in [2.75, 3.05) is 32.0 Å². The summed E-state index contributed by atoms with van der Waals surface area (Å²) in [6, 6.07) is 7.60. The molecular weight excluding hydrogens is 290 g/mol. The van der Waals surface area contributed by atoms with Gasteiger partial charge in [-0.15, -0.1) is 0 Å². The Morgan fingerprint density at radius 3 is 2.65 bits per heavy atom. The van der Waals surface area contributed by atoms with Crippen LogP contribution in [-0.4, -0.2) is 54.3 Å². The molecule has 2 amide bonds. The number of amides is 2. The summed E-state index contributed by atoms with van der Waals surface area (Å²) in [5.41, 5.74) is 1.26. The van der Waals surface area contributed by atoms with Gasteiger partial charge in [0.25, 0.3) is 5.91 Å². The van der Waals surface area contributed by atoms with Crippen molar-refractivity contribution in [1.29, 1.82) is 0 Å². The number of hydrogen-bond acceptors (Lipinski definition) is 3. The van der Waals surface area contributed by atoms with Crippen LogP contribution in [0.1, 0.15) is 43.5 Å². The maximum absolute atomic E-state index is 12.5. The Hall–Kier alpha value is -1.88. The number of anilines is 1. The SMILES string of the molecule is CC(=O)Nc1cccc(C(=O)N(C)CCC(C)N2CCCC2)c1. The van der Waals surface area contributed by atoms with Crippen molar-refractivity contribution < 1.29 is 9.59 Å². The van der Waals surface area contributed by atoms with E-state index in [0.717, 1.165) is 13.0 Å². The number of nitrogens with zero attached hydrogens (tertiary/aromatic N) is 2. The van der Waals surface area contributed by atoms with Crippen molar-refractivity contribution in [2.24, 2.45) is 0 Å². The van der Waals surface area contributed by atoms with E-state index in [1.807, 2.05) is 7.05 Å².